The number of amidine groups is 1. The van der Waals surface area contributed by atoms with E-state index < -0.39 is 0 Å². The number of halogens is 1. The Kier molecular flexibility index (Phi) is 4.55. The van der Waals surface area contributed by atoms with Crippen molar-refractivity contribution in [2.24, 2.45) is 4.99 Å². The lowest BCUT2D eigenvalue weighted by Crippen LogP contribution is -2.48. The Balaban J connectivity index is 2.00. The van der Waals surface area contributed by atoms with E-state index in [0.717, 1.165) is 18.1 Å². The molecule has 1 atom stereocenters. The van der Waals surface area contributed by atoms with Crippen LogP contribution in [0.25, 0.3) is 0 Å². The zero-order chi connectivity index (χ0) is 12.3. The van der Waals surface area contributed by atoms with Gasteiger partial charge in [-0.2, -0.15) is 0 Å². The minimum atomic E-state index is 0.233. The van der Waals surface area contributed by atoms with Crippen LogP contribution in [0.3, 0.4) is 0 Å². The van der Waals surface area contributed by atoms with Gasteiger partial charge in [-0.3, -0.25) is 4.99 Å². The quantitative estimate of drug-likeness (QED) is 0.894. The number of nitrogens with one attached hydrogen (secondary N) is 1. The van der Waals surface area contributed by atoms with E-state index in [0.29, 0.717) is 0 Å². The molecule has 1 N–H and O–H groups in total. The highest BCUT2D eigenvalue weighted by Gasteiger charge is 2.27. The molecule has 0 saturated carbocycles. The molecular formula is C12H17BrN2S2. The van der Waals surface area contributed by atoms with Gasteiger partial charge in [-0.05, 0) is 47.1 Å². The van der Waals surface area contributed by atoms with E-state index in [1.54, 1.807) is 11.3 Å². The molecule has 1 aromatic heterocycles. The molecule has 17 heavy (non-hydrogen) atoms. The van der Waals surface area contributed by atoms with Crippen LogP contribution in [0.2, 0.25) is 0 Å². The topological polar surface area (TPSA) is 24.4 Å². The smallest absolute Gasteiger partial charge is 0.157 e. The van der Waals surface area contributed by atoms with Crippen LogP contribution in [0.4, 0.5) is 0 Å². The summed E-state index contributed by atoms with van der Waals surface area (Å²) < 4.78 is 1.17. The van der Waals surface area contributed by atoms with E-state index in [4.69, 9.17) is 0 Å². The third kappa shape index (κ3) is 3.48. The van der Waals surface area contributed by atoms with Crippen molar-refractivity contribution in [1.29, 1.82) is 0 Å². The van der Waals surface area contributed by atoms with Gasteiger partial charge in [0.2, 0.25) is 0 Å². The molecule has 1 aliphatic rings. The van der Waals surface area contributed by atoms with Gasteiger partial charge < -0.3 is 5.32 Å². The molecule has 2 heterocycles. The highest BCUT2D eigenvalue weighted by atomic mass is 79.9. The lowest BCUT2D eigenvalue weighted by atomic mass is 9.96. The minimum absolute atomic E-state index is 0.233. The summed E-state index contributed by atoms with van der Waals surface area (Å²) in [6, 6.07) is 2.08. The van der Waals surface area contributed by atoms with Gasteiger partial charge in [-0.25, -0.2) is 0 Å². The predicted molar refractivity (Wildman–Crippen MR) is 82.1 cm³/mol. The molecule has 0 spiro atoms. The van der Waals surface area contributed by atoms with Crippen LogP contribution in [0.1, 0.15) is 31.6 Å². The van der Waals surface area contributed by atoms with E-state index >= 15 is 0 Å². The summed E-state index contributed by atoms with van der Waals surface area (Å²) >= 11 is 7.13. The van der Waals surface area contributed by atoms with Crippen LogP contribution in [-0.4, -0.2) is 16.5 Å². The summed E-state index contributed by atoms with van der Waals surface area (Å²) in [5.41, 5.74) is 0.233. The minimum Gasteiger partial charge on any atom is -0.360 e. The number of aliphatic imine (C=N–C) groups is 1. The molecular weight excluding hydrogens is 316 g/mol. The third-order valence-corrected chi connectivity index (χ3v) is 5.96. The monoisotopic (exact) mass is 332 g/mol. The molecule has 2 nitrogen and oxygen atoms in total. The average molecular weight is 333 g/mol. The number of hydrogen-bond acceptors (Lipinski definition) is 3. The van der Waals surface area contributed by atoms with Gasteiger partial charge in [-0.1, -0.05) is 18.7 Å². The van der Waals surface area contributed by atoms with Crippen molar-refractivity contribution in [2.75, 3.05) is 5.75 Å². The molecule has 1 fully saturated rings. The Morgan fingerprint density at radius 3 is 3.06 bits per heavy atom. The molecule has 5 heteroatoms. The molecule has 1 unspecified atom stereocenters. The zero-order valence-corrected chi connectivity index (χ0v) is 13.3. The van der Waals surface area contributed by atoms with Crippen molar-refractivity contribution in [1.82, 2.24) is 5.32 Å². The van der Waals surface area contributed by atoms with Gasteiger partial charge >= 0.3 is 0 Å². The number of nitrogens with zero attached hydrogens (tertiary/aromatic N) is 1. The van der Waals surface area contributed by atoms with Crippen molar-refractivity contribution in [3.05, 3.63) is 20.8 Å². The second-order valence-electron chi connectivity index (χ2n) is 4.45. The Morgan fingerprint density at radius 1 is 1.59 bits per heavy atom. The number of rotatable bonds is 3. The molecule has 2 rings (SSSR count). The standard InChI is InChI=1S/C12H17BrN2S2/c1-3-12(2)5-7-17-11(15-12)14-8-10-9(13)4-6-16-10/h4,6H,3,5,7-8H2,1-2H3,(H,14,15). The van der Waals surface area contributed by atoms with Crippen LogP contribution in [0.15, 0.2) is 20.9 Å². The SMILES string of the molecule is CCC1(C)CCSC(=NCc2sccc2Br)N1. The first-order valence-corrected chi connectivity index (χ1v) is 8.46. The molecule has 0 radical (unpaired) electrons. The molecule has 1 aromatic rings. The summed E-state index contributed by atoms with van der Waals surface area (Å²) in [7, 11) is 0. The van der Waals surface area contributed by atoms with Gasteiger partial charge in [-0.15, -0.1) is 11.3 Å². The lowest BCUT2D eigenvalue weighted by molar-refractivity contribution is 0.390. The number of hydrogen-bond donors (Lipinski definition) is 1. The van der Waals surface area contributed by atoms with Crippen LogP contribution < -0.4 is 5.32 Å². The average Bonchev–Trinajstić information content (AvgIpc) is 2.73. The summed E-state index contributed by atoms with van der Waals surface area (Å²) in [4.78, 5) is 5.97. The van der Waals surface area contributed by atoms with Crippen molar-refractivity contribution < 1.29 is 0 Å². The largest absolute Gasteiger partial charge is 0.360 e. The molecule has 1 aliphatic heterocycles. The first-order valence-electron chi connectivity index (χ1n) is 5.80. The van der Waals surface area contributed by atoms with E-state index in [1.165, 1.54) is 21.5 Å². The fraction of sp³-hybridized carbons (Fsp3) is 0.583. The van der Waals surface area contributed by atoms with E-state index in [2.05, 4.69) is 51.5 Å². The summed E-state index contributed by atoms with van der Waals surface area (Å²) in [6.45, 7) is 5.28. The fourth-order valence-electron chi connectivity index (χ4n) is 1.66. The van der Waals surface area contributed by atoms with Crippen molar-refractivity contribution in [3.8, 4) is 0 Å². The number of thioether (sulfide) groups is 1. The second kappa shape index (κ2) is 5.76. The van der Waals surface area contributed by atoms with Gasteiger partial charge in [0.05, 0.1) is 6.54 Å². The molecule has 0 bridgehead atoms. The molecule has 0 aliphatic carbocycles. The Labute approximate surface area is 119 Å². The molecule has 0 amide bonds. The zero-order valence-electron chi connectivity index (χ0n) is 10.1. The maximum atomic E-state index is 4.68. The predicted octanol–water partition coefficient (Wildman–Crippen LogP) is 4.26. The van der Waals surface area contributed by atoms with Crippen LogP contribution in [0.5, 0.6) is 0 Å². The Morgan fingerprint density at radius 2 is 2.41 bits per heavy atom. The summed E-state index contributed by atoms with van der Waals surface area (Å²) in [6.07, 6.45) is 2.37. The Bertz CT molecular complexity index is 416. The summed E-state index contributed by atoms with van der Waals surface area (Å²) in [5.74, 6) is 1.17. The van der Waals surface area contributed by atoms with E-state index in [-0.39, 0.29) is 5.54 Å². The maximum Gasteiger partial charge on any atom is 0.157 e. The third-order valence-electron chi connectivity index (χ3n) is 3.14. The van der Waals surface area contributed by atoms with Crippen molar-refractivity contribution in [3.63, 3.8) is 0 Å². The normalized spacial score (nSPS) is 27.1. The van der Waals surface area contributed by atoms with Crippen molar-refractivity contribution >= 4 is 44.2 Å². The molecule has 0 aromatic carbocycles. The fourth-order valence-corrected chi connectivity index (χ4v) is 4.28. The van der Waals surface area contributed by atoms with Crippen LogP contribution in [-0.2, 0) is 6.54 Å². The molecule has 94 valence electrons. The van der Waals surface area contributed by atoms with Crippen LogP contribution >= 0.6 is 39.0 Å². The van der Waals surface area contributed by atoms with Gasteiger partial charge in [0.1, 0.15) is 0 Å². The van der Waals surface area contributed by atoms with Gasteiger partial charge in [0.25, 0.3) is 0 Å². The van der Waals surface area contributed by atoms with Crippen molar-refractivity contribution in [2.45, 2.75) is 38.8 Å². The van der Waals surface area contributed by atoms with E-state index in [9.17, 15) is 0 Å². The Hall–Kier alpha value is -0.0000000000000000555. The van der Waals surface area contributed by atoms with Gasteiger partial charge in [0.15, 0.2) is 5.17 Å². The number of thiophene rings is 1. The van der Waals surface area contributed by atoms with E-state index in [1.807, 2.05) is 11.8 Å². The first-order chi connectivity index (χ1) is 8.13. The second-order valence-corrected chi connectivity index (χ2v) is 7.39. The van der Waals surface area contributed by atoms with Gasteiger partial charge in [0, 0.05) is 20.6 Å². The van der Waals surface area contributed by atoms with Crippen LogP contribution in [0, 0.1) is 0 Å². The summed E-state index contributed by atoms with van der Waals surface area (Å²) in [5, 5.41) is 6.76. The first kappa shape index (κ1) is 13.4. The highest BCUT2D eigenvalue weighted by molar-refractivity contribution is 9.10. The maximum absolute atomic E-state index is 4.68. The lowest BCUT2D eigenvalue weighted by Gasteiger charge is -2.35. The molecule has 1 saturated heterocycles. The highest BCUT2D eigenvalue weighted by Crippen LogP contribution is 2.27.